The minimum Gasteiger partial charge on any atom is -0.353 e. The van der Waals surface area contributed by atoms with Gasteiger partial charge in [0.05, 0.1) is 6.54 Å². The van der Waals surface area contributed by atoms with E-state index >= 15 is 0 Å². The van der Waals surface area contributed by atoms with E-state index in [1.807, 2.05) is 36.9 Å². The molecule has 0 fully saturated rings. The van der Waals surface area contributed by atoms with E-state index in [-0.39, 0.29) is 11.9 Å². The van der Waals surface area contributed by atoms with Gasteiger partial charge < -0.3 is 15.6 Å². The van der Waals surface area contributed by atoms with E-state index in [1.54, 1.807) is 0 Å². The molecule has 0 aliphatic carbocycles. The summed E-state index contributed by atoms with van der Waals surface area (Å²) in [5.74, 6) is 0.00111. The smallest absolute Gasteiger partial charge is 0.221 e. The highest BCUT2D eigenvalue weighted by molar-refractivity contribution is 5.76. The predicted molar refractivity (Wildman–Crippen MR) is 55.5 cm³/mol. The van der Waals surface area contributed by atoms with Crippen LogP contribution < -0.4 is 11.1 Å². The van der Waals surface area contributed by atoms with Crippen LogP contribution in [0.4, 0.5) is 0 Å². The van der Waals surface area contributed by atoms with Crippen LogP contribution in [0.1, 0.15) is 19.0 Å². The Labute approximate surface area is 84.1 Å². The number of carbonyl (C=O) groups excluding carboxylic acids is 1. The molecule has 3 N–H and O–H groups in total. The summed E-state index contributed by atoms with van der Waals surface area (Å²) in [7, 11) is 1.95. The van der Waals surface area contributed by atoms with Crippen molar-refractivity contribution in [3.63, 3.8) is 0 Å². The molecule has 1 aromatic rings. The van der Waals surface area contributed by atoms with Crippen LogP contribution in [0.2, 0.25) is 0 Å². The topological polar surface area (TPSA) is 60.1 Å². The minimum absolute atomic E-state index is 0.00111. The summed E-state index contributed by atoms with van der Waals surface area (Å²) in [6.45, 7) is 2.39. The van der Waals surface area contributed by atoms with E-state index in [2.05, 4.69) is 5.32 Å². The number of amides is 1. The standard InChI is InChI=1S/C10H17N3O/c1-8(11)6-10(14)12-7-9-4-3-5-13(9)2/h3-5,8H,6-7,11H2,1-2H3,(H,12,14). The predicted octanol–water partition coefficient (Wildman–Crippen LogP) is 0.379. The lowest BCUT2D eigenvalue weighted by Gasteiger charge is -2.07. The first kappa shape index (κ1) is 10.8. The van der Waals surface area contributed by atoms with E-state index in [4.69, 9.17) is 5.73 Å². The Morgan fingerprint density at radius 1 is 1.71 bits per heavy atom. The lowest BCUT2D eigenvalue weighted by Crippen LogP contribution is -2.29. The van der Waals surface area contributed by atoms with Gasteiger partial charge in [-0.05, 0) is 19.1 Å². The molecule has 1 unspecified atom stereocenters. The first-order valence-electron chi connectivity index (χ1n) is 4.72. The molecule has 4 nitrogen and oxygen atoms in total. The van der Waals surface area contributed by atoms with Crippen LogP contribution in [0.3, 0.4) is 0 Å². The first-order valence-corrected chi connectivity index (χ1v) is 4.72. The fourth-order valence-electron chi connectivity index (χ4n) is 1.23. The van der Waals surface area contributed by atoms with Crippen LogP contribution in [0.15, 0.2) is 18.3 Å². The number of nitrogens with one attached hydrogen (secondary N) is 1. The maximum atomic E-state index is 11.3. The number of carbonyl (C=O) groups is 1. The normalized spacial score (nSPS) is 12.5. The van der Waals surface area contributed by atoms with Crippen molar-refractivity contribution in [2.45, 2.75) is 25.9 Å². The molecule has 0 bridgehead atoms. The summed E-state index contributed by atoms with van der Waals surface area (Å²) in [5.41, 5.74) is 6.59. The van der Waals surface area contributed by atoms with Gasteiger partial charge in [0.1, 0.15) is 0 Å². The average Bonchev–Trinajstić information content (AvgIpc) is 2.46. The Balaban J connectivity index is 2.34. The third kappa shape index (κ3) is 3.22. The fourth-order valence-corrected chi connectivity index (χ4v) is 1.23. The van der Waals surface area contributed by atoms with Gasteiger partial charge in [-0.3, -0.25) is 4.79 Å². The van der Waals surface area contributed by atoms with Gasteiger partial charge in [0.2, 0.25) is 5.91 Å². The van der Waals surface area contributed by atoms with Crippen LogP contribution in [-0.2, 0) is 18.4 Å². The highest BCUT2D eigenvalue weighted by Gasteiger charge is 2.05. The molecule has 0 aliphatic heterocycles. The van der Waals surface area contributed by atoms with Gasteiger partial charge in [-0.15, -0.1) is 0 Å². The minimum atomic E-state index is -0.0802. The van der Waals surface area contributed by atoms with E-state index in [0.29, 0.717) is 13.0 Å². The maximum absolute atomic E-state index is 11.3. The Morgan fingerprint density at radius 2 is 2.43 bits per heavy atom. The zero-order valence-corrected chi connectivity index (χ0v) is 8.66. The molecular formula is C10H17N3O. The summed E-state index contributed by atoms with van der Waals surface area (Å²) >= 11 is 0. The molecule has 0 saturated carbocycles. The number of nitrogens with two attached hydrogens (primary N) is 1. The second kappa shape index (κ2) is 4.81. The third-order valence-electron chi connectivity index (χ3n) is 2.03. The highest BCUT2D eigenvalue weighted by Crippen LogP contribution is 1.98. The van der Waals surface area contributed by atoms with Gasteiger partial charge >= 0.3 is 0 Å². The van der Waals surface area contributed by atoms with E-state index in [1.165, 1.54) is 0 Å². The zero-order valence-electron chi connectivity index (χ0n) is 8.66. The molecule has 0 aromatic carbocycles. The molecule has 0 radical (unpaired) electrons. The van der Waals surface area contributed by atoms with Crippen molar-refractivity contribution in [1.29, 1.82) is 0 Å². The number of hydrogen-bond acceptors (Lipinski definition) is 2. The molecule has 1 rings (SSSR count). The second-order valence-electron chi connectivity index (χ2n) is 3.57. The van der Waals surface area contributed by atoms with Crippen molar-refractivity contribution in [3.8, 4) is 0 Å². The maximum Gasteiger partial charge on any atom is 0.221 e. The van der Waals surface area contributed by atoms with Crippen LogP contribution in [0.5, 0.6) is 0 Å². The number of aryl methyl sites for hydroxylation is 1. The molecule has 1 amide bonds. The summed E-state index contributed by atoms with van der Waals surface area (Å²) in [6.07, 6.45) is 2.33. The van der Waals surface area contributed by atoms with Crippen LogP contribution >= 0.6 is 0 Å². The number of rotatable bonds is 4. The molecule has 14 heavy (non-hydrogen) atoms. The third-order valence-corrected chi connectivity index (χ3v) is 2.03. The molecule has 0 aliphatic rings. The molecule has 4 heteroatoms. The van der Waals surface area contributed by atoms with Crippen molar-refractivity contribution in [1.82, 2.24) is 9.88 Å². The van der Waals surface area contributed by atoms with Crippen LogP contribution in [-0.4, -0.2) is 16.5 Å². The Bertz CT molecular complexity index is 304. The zero-order chi connectivity index (χ0) is 10.6. The molecule has 1 atom stereocenters. The van der Waals surface area contributed by atoms with Crippen LogP contribution in [0.25, 0.3) is 0 Å². The summed E-state index contributed by atoms with van der Waals surface area (Å²) in [5, 5.41) is 2.82. The number of hydrogen-bond donors (Lipinski definition) is 2. The number of nitrogens with zero attached hydrogens (tertiary/aromatic N) is 1. The molecule has 1 aromatic heterocycles. The first-order chi connectivity index (χ1) is 6.59. The van der Waals surface area contributed by atoms with Crippen molar-refractivity contribution in [2.75, 3.05) is 0 Å². The van der Waals surface area contributed by atoms with E-state index in [9.17, 15) is 4.79 Å². The second-order valence-corrected chi connectivity index (χ2v) is 3.57. The Hall–Kier alpha value is -1.29. The van der Waals surface area contributed by atoms with Gasteiger partial charge in [-0.1, -0.05) is 0 Å². The molecular weight excluding hydrogens is 178 g/mol. The molecule has 0 saturated heterocycles. The Morgan fingerprint density at radius 3 is 2.93 bits per heavy atom. The highest BCUT2D eigenvalue weighted by atomic mass is 16.1. The van der Waals surface area contributed by atoms with Crippen molar-refractivity contribution in [3.05, 3.63) is 24.0 Å². The molecule has 78 valence electrons. The number of aromatic nitrogens is 1. The van der Waals surface area contributed by atoms with Crippen LogP contribution in [0, 0.1) is 0 Å². The van der Waals surface area contributed by atoms with Gasteiger partial charge in [-0.2, -0.15) is 0 Å². The van der Waals surface area contributed by atoms with Crippen molar-refractivity contribution >= 4 is 5.91 Å². The summed E-state index contributed by atoms with van der Waals surface area (Å²) in [6, 6.07) is 3.85. The fraction of sp³-hybridized carbons (Fsp3) is 0.500. The quantitative estimate of drug-likeness (QED) is 0.729. The van der Waals surface area contributed by atoms with E-state index in [0.717, 1.165) is 5.69 Å². The van der Waals surface area contributed by atoms with Crippen molar-refractivity contribution < 1.29 is 4.79 Å². The summed E-state index contributed by atoms with van der Waals surface area (Å²) < 4.78 is 1.98. The van der Waals surface area contributed by atoms with Crippen molar-refractivity contribution in [2.24, 2.45) is 12.8 Å². The van der Waals surface area contributed by atoms with E-state index < -0.39 is 0 Å². The Kier molecular flexibility index (Phi) is 3.71. The lowest BCUT2D eigenvalue weighted by molar-refractivity contribution is -0.121. The van der Waals surface area contributed by atoms with Gasteiger partial charge in [0.25, 0.3) is 0 Å². The molecule has 1 heterocycles. The van der Waals surface area contributed by atoms with Gasteiger partial charge in [-0.25, -0.2) is 0 Å². The lowest BCUT2D eigenvalue weighted by atomic mass is 10.2. The van der Waals surface area contributed by atoms with Gasteiger partial charge in [0, 0.05) is 31.4 Å². The average molecular weight is 195 g/mol. The summed E-state index contributed by atoms with van der Waals surface area (Å²) in [4.78, 5) is 11.3. The monoisotopic (exact) mass is 195 g/mol. The SMILES string of the molecule is CC(N)CC(=O)NCc1cccn1C. The van der Waals surface area contributed by atoms with Gasteiger partial charge in [0.15, 0.2) is 0 Å². The largest absolute Gasteiger partial charge is 0.353 e. The molecule has 0 spiro atoms.